The van der Waals surface area contributed by atoms with E-state index in [2.05, 4.69) is 11.4 Å². The van der Waals surface area contributed by atoms with E-state index < -0.39 is 0 Å². The number of benzene rings is 3. The SMILES string of the molecule is N#CCc1ccc(NC(=O)c2ccc(C(=O)c3ccccc3)cc2)cc1. The van der Waals surface area contributed by atoms with Crippen LogP contribution < -0.4 is 5.32 Å². The summed E-state index contributed by atoms with van der Waals surface area (Å²) in [5, 5.41) is 11.5. The summed E-state index contributed by atoms with van der Waals surface area (Å²) in [7, 11) is 0. The highest BCUT2D eigenvalue weighted by molar-refractivity contribution is 6.10. The van der Waals surface area contributed by atoms with E-state index >= 15 is 0 Å². The number of carbonyl (C=O) groups is 2. The van der Waals surface area contributed by atoms with E-state index in [-0.39, 0.29) is 11.7 Å². The predicted octanol–water partition coefficient (Wildman–Crippen LogP) is 4.24. The largest absolute Gasteiger partial charge is 0.322 e. The Hall–Kier alpha value is -3.71. The van der Waals surface area contributed by atoms with Crippen molar-refractivity contribution in [3.05, 3.63) is 101 Å². The van der Waals surface area contributed by atoms with Crippen LogP contribution in [-0.4, -0.2) is 11.7 Å². The van der Waals surface area contributed by atoms with Gasteiger partial charge in [0.2, 0.25) is 0 Å². The molecule has 0 saturated heterocycles. The molecular weight excluding hydrogens is 324 g/mol. The van der Waals surface area contributed by atoms with Crippen LogP contribution in [0.15, 0.2) is 78.9 Å². The Morgan fingerprint density at radius 3 is 1.96 bits per heavy atom. The third-order valence-corrected chi connectivity index (χ3v) is 3.94. The van der Waals surface area contributed by atoms with Gasteiger partial charge in [-0.3, -0.25) is 9.59 Å². The summed E-state index contributed by atoms with van der Waals surface area (Å²) in [6.45, 7) is 0. The fraction of sp³-hybridized carbons (Fsp3) is 0.0455. The number of nitrogens with zero attached hydrogens (tertiary/aromatic N) is 1. The maximum atomic E-state index is 12.4. The lowest BCUT2D eigenvalue weighted by Crippen LogP contribution is -2.12. The highest BCUT2D eigenvalue weighted by atomic mass is 16.1. The molecule has 26 heavy (non-hydrogen) atoms. The Morgan fingerprint density at radius 2 is 1.35 bits per heavy atom. The van der Waals surface area contributed by atoms with Crippen LogP contribution in [0, 0.1) is 11.3 Å². The van der Waals surface area contributed by atoms with E-state index in [0.717, 1.165) is 5.56 Å². The van der Waals surface area contributed by atoms with Crippen LogP contribution in [0.4, 0.5) is 5.69 Å². The van der Waals surface area contributed by atoms with Crippen molar-refractivity contribution in [2.75, 3.05) is 5.32 Å². The average molecular weight is 340 g/mol. The van der Waals surface area contributed by atoms with Crippen LogP contribution in [0.25, 0.3) is 0 Å². The van der Waals surface area contributed by atoms with Gasteiger partial charge in [-0.05, 0) is 29.8 Å². The van der Waals surface area contributed by atoms with E-state index in [4.69, 9.17) is 5.26 Å². The average Bonchev–Trinajstić information content (AvgIpc) is 2.70. The zero-order valence-electron chi connectivity index (χ0n) is 14.0. The van der Waals surface area contributed by atoms with E-state index in [0.29, 0.717) is 28.8 Å². The minimum absolute atomic E-state index is 0.0781. The van der Waals surface area contributed by atoms with Crippen LogP contribution in [-0.2, 0) is 6.42 Å². The molecule has 3 rings (SSSR count). The first-order chi connectivity index (χ1) is 12.7. The molecule has 0 radical (unpaired) electrons. The Bertz CT molecular complexity index is 954. The van der Waals surface area contributed by atoms with Crippen LogP contribution >= 0.6 is 0 Å². The lowest BCUT2D eigenvalue weighted by molar-refractivity contribution is 0.102. The maximum Gasteiger partial charge on any atom is 0.255 e. The molecule has 3 aromatic rings. The Kier molecular flexibility index (Phi) is 5.21. The number of hydrogen-bond acceptors (Lipinski definition) is 3. The van der Waals surface area contributed by atoms with Crippen LogP contribution in [0.2, 0.25) is 0 Å². The van der Waals surface area contributed by atoms with Crippen LogP contribution in [0.1, 0.15) is 31.8 Å². The monoisotopic (exact) mass is 340 g/mol. The van der Waals surface area contributed by atoms with Crippen LogP contribution in [0.3, 0.4) is 0 Å². The molecule has 126 valence electrons. The first kappa shape index (κ1) is 17.1. The van der Waals surface area contributed by atoms with Crippen molar-refractivity contribution in [2.45, 2.75) is 6.42 Å². The number of carbonyl (C=O) groups excluding carboxylic acids is 2. The molecule has 4 heteroatoms. The lowest BCUT2D eigenvalue weighted by Gasteiger charge is -2.07. The van der Waals surface area contributed by atoms with Crippen molar-refractivity contribution < 1.29 is 9.59 Å². The molecule has 0 fully saturated rings. The number of hydrogen-bond donors (Lipinski definition) is 1. The maximum absolute atomic E-state index is 12.4. The van der Waals surface area contributed by atoms with Gasteiger partial charge in [-0.1, -0.05) is 54.6 Å². The molecule has 0 aliphatic rings. The van der Waals surface area contributed by atoms with Gasteiger partial charge in [0, 0.05) is 22.4 Å². The summed E-state index contributed by atoms with van der Waals surface area (Å²) >= 11 is 0. The number of ketones is 1. The molecular formula is C22H16N2O2. The van der Waals surface area contributed by atoms with Crippen molar-refractivity contribution >= 4 is 17.4 Å². The molecule has 0 aromatic heterocycles. The van der Waals surface area contributed by atoms with Crippen molar-refractivity contribution in [2.24, 2.45) is 0 Å². The number of nitrogens with one attached hydrogen (secondary N) is 1. The third kappa shape index (κ3) is 4.03. The van der Waals surface area contributed by atoms with Gasteiger partial charge >= 0.3 is 0 Å². The van der Waals surface area contributed by atoms with Gasteiger partial charge in [0.25, 0.3) is 5.91 Å². The topological polar surface area (TPSA) is 70.0 Å². The fourth-order valence-electron chi connectivity index (χ4n) is 2.53. The van der Waals surface area contributed by atoms with Crippen molar-refractivity contribution in [1.82, 2.24) is 0 Å². The molecule has 0 unspecified atom stereocenters. The summed E-state index contributed by atoms with van der Waals surface area (Å²) in [4.78, 5) is 24.7. The van der Waals surface area contributed by atoms with Gasteiger partial charge in [0.15, 0.2) is 5.78 Å². The normalized spacial score (nSPS) is 9.96. The minimum atomic E-state index is -0.253. The van der Waals surface area contributed by atoms with Crippen molar-refractivity contribution in [3.63, 3.8) is 0 Å². The molecule has 0 atom stereocenters. The van der Waals surface area contributed by atoms with Gasteiger partial charge in [0.1, 0.15) is 0 Å². The quantitative estimate of drug-likeness (QED) is 0.706. The molecule has 0 spiro atoms. The number of rotatable bonds is 5. The summed E-state index contributed by atoms with van der Waals surface area (Å²) in [5.74, 6) is -0.331. The van der Waals surface area contributed by atoms with Crippen molar-refractivity contribution in [1.29, 1.82) is 5.26 Å². The van der Waals surface area contributed by atoms with Crippen molar-refractivity contribution in [3.8, 4) is 6.07 Å². The Balaban J connectivity index is 1.69. The highest BCUT2D eigenvalue weighted by Crippen LogP contribution is 2.14. The summed E-state index contributed by atoms with van der Waals surface area (Å²) in [6.07, 6.45) is 0.338. The predicted molar refractivity (Wildman–Crippen MR) is 100 cm³/mol. The molecule has 0 saturated carbocycles. The van der Waals surface area contributed by atoms with E-state index in [1.807, 2.05) is 18.2 Å². The molecule has 0 heterocycles. The zero-order valence-corrected chi connectivity index (χ0v) is 14.0. The summed E-state index contributed by atoms with van der Waals surface area (Å²) in [6, 6.07) is 24.8. The number of anilines is 1. The van der Waals surface area contributed by atoms with E-state index in [9.17, 15) is 9.59 Å². The fourth-order valence-corrected chi connectivity index (χ4v) is 2.53. The lowest BCUT2D eigenvalue weighted by atomic mass is 10.0. The van der Waals surface area contributed by atoms with E-state index in [1.165, 1.54) is 0 Å². The number of nitriles is 1. The van der Waals surface area contributed by atoms with Gasteiger partial charge in [-0.15, -0.1) is 0 Å². The molecule has 0 aliphatic carbocycles. The van der Waals surface area contributed by atoms with Gasteiger partial charge in [-0.2, -0.15) is 5.26 Å². The molecule has 1 N–H and O–H groups in total. The second-order valence-electron chi connectivity index (χ2n) is 5.76. The third-order valence-electron chi connectivity index (χ3n) is 3.94. The van der Waals surface area contributed by atoms with Gasteiger partial charge in [-0.25, -0.2) is 0 Å². The minimum Gasteiger partial charge on any atom is -0.322 e. The standard InChI is InChI=1S/C22H16N2O2/c23-15-14-16-6-12-20(13-7-16)24-22(26)19-10-8-18(9-11-19)21(25)17-4-2-1-3-5-17/h1-13H,14H2,(H,24,26). The number of amides is 1. The first-order valence-corrected chi connectivity index (χ1v) is 8.14. The smallest absolute Gasteiger partial charge is 0.255 e. The molecule has 3 aromatic carbocycles. The first-order valence-electron chi connectivity index (χ1n) is 8.14. The Morgan fingerprint density at radius 1 is 0.769 bits per heavy atom. The highest BCUT2D eigenvalue weighted by Gasteiger charge is 2.11. The second kappa shape index (κ2) is 7.91. The Labute approximate surface area is 151 Å². The molecule has 0 aliphatic heterocycles. The summed E-state index contributed by atoms with van der Waals surface area (Å²) in [5.41, 5.74) is 3.17. The van der Waals surface area contributed by atoms with Crippen LogP contribution in [0.5, 0.6) is 0 Å². The molecule has 1 amide bonds. The van der Waals surface area contributed by atoms with Gasteiger partial charge < -0.3 is 5.32 Å². The summed E-state index contributed by atoms with van der Waals surface area (Å²) < 4.78 is 0. The van der Waals surface area contributed by atoms with Gasteiger partial charge in [0.05, 0.1) is 12.5 Å². The zero-order chi connectivity index (χ0) is 18.4. The second-order valence-corrected chi connectivity index (χ2v) is 5.76. The molecule has 4 nitrogen and oxygen atoms in total. The molecule has 0 bridgehead atoms. The van der Waals surface area contributed by atoms with E-state index in [1.54, 1.807) is 60.7 Å².